The highest BCUT2D eigenvalue weighted by Crippen LogP contribution is 2.43. The fraction of sp³-hybridized carbons (Fsp3) is 0.273. The first kappa shape index (κ1) is 15.6. The van der Waals surface area contributed by atoms with Crippen molar-refractivity contribution in [1.82, 2.24) is 0 Å². The topological polar surface area (TPSA) is 9.23 Å². The van der Waals surface area contributed by atoms with E-state index in [9.17, 15) is 0 Å². The summed E-state index contributed by atoms with van der Waals surface area (Å²) in [5.41, 5.74) is 3.41. The lowest BCUT2D eigenvalue weighted by Crippen LogP contribution is -2.28. The summed E-state index contributed by atoms with van der Waals surface area (Å²) in [5, 5.41) is 0. The molecule has 2 aromatic rings. The summed E-state index contributed by atoms with van der Waals surface area (Å²) in [4.78, 5) is 0. The highest BCUT2D eigenvalue weighted by Gasteiger charge is 2.37. The second-order valence-corrected chi connectivity index (χ2v) is 6.81. The molecule has 0 spiro atoms. The van der Waals surface area contributed by atoms with Gasteiger partial charge in [0.25, 0.3) is 0 Å². The summed E-state index contributed by atoms with van der Waals surface area (Å²) < 4.78 is 6.40. The Morgan fingerprint density at radius 3 is 2.17 bits per heavy atom. The Labute approximate surface area is 139 Å². The maximum absolute atomic E-state index is 6.40. The smallest absolute Gasteiger partial charge is 0.132 e. The Balaban J connectivity index is 2.00. The van der Waals surface area contributed by atoms with E-state index in [1.807, 2.05) is 6.07 Å². The van der Waals surface area contributed by atoms with E-state index in [1.54, 1.807) is 0 Å². The van der Waals surface area contributed by atoms with Crippen molar-refractivity contribution in [2.45, 2.75) is 32.8 Å². The van der Waals surface area contributed by atoms with Crippen LogP contribution < -0.4 is 0 Å². The van der Waals surface area contributed by atoms with Crippen LogP contribution in [0.5, 0.6) is 0 Å². The van der Waals surface area contributed by atoms with E-state index in [0.29, 0.717) is 5.92 Å². The van der Waals surface area contributed by atoms with Crippen LogP contribution >= 0.6 is 0 Å². The van der Waals surface area contributed by atoms with Gasteiger partial charge in [0.1, 0.15) is 11.4 Å². The van der Waals surface area contributed by atoms with Gasteiger partial charge in [-0.1, -0.05) is 74.5 Å². The first-order valence-electron chi connectivity index (χ1n) is 8.30. The van der Waals surface area contributed by atoms with E-state index in [0.717, 1.165) is 12.2 Å². The van der Waals surface area contributed by atoms with Crippen LogP contribution in [0.2, 0.25) is 0 Å². The maximum atomic E-state index is 6.40. The molecule has 118 valence electrons. The standard InChI is InChI=1S/C22H24O/c1-17(2)16-22(3)21(19-12-8-5-9-13-19)15-20(23-22)14-18-10-6-4-7-11-18/h4-15,17H,16H2,1-3H3/b20-14+. The summed E-state index contributed by atoms with van der Waals surface area (Å²) in [6, 6.07) is 20.9. The van der Waals surface area contributed by atoms with Crippen LogP contribution in [0.3, 0.4) is 0 Å². The number of ether oxygens (including phenoxy) is 1. The molecule has 0 amide bonds. The van der Waals surface area contributed by atoms with Crippen molar-refractivity contribution in [1.29, 1.82) is 0 Å². The SMILES string of the molecule is CC(C)CC1(C)O/C(=C/c2ccccc2)C=C1c1ccccc1. The first-order chi connectivity index (χ1) is 11.1. The summed E-state index contributed by atoms with van der Waals surface area (Å²) in [6.45, 7) is 6.70. The fourth-order valence-electron chi connectivity index (χ4n) is 3.36. The van der Waals surface area contributed by atoms with Gasteiger partial charge in [0, 0.05) is 5.57 Å². The molecule has 0 aliphatic carbocycles. The number of allylic oxidation sites excluding steroid dienone is 1. The predicted octanol–water partition coefficient (Wildman–Crippen LogP) is 5.95. The molecule has 0 N–H and O–H groups in total. The molecule has 1 aliphatic heterocycles. The van der Waals surface area contributed by atoms with E-state index < -0.39 is 0 Å². The summed E-state index contributed by atoms with van der Waals surface area (Å²) in [5.74, 6) is 1.52. The molecule has 1 unspecified atom stereocenters. The summed E-state index contributed by atoms with van der Waals surface area (Å²) >= 11 is 0. The number of rotatable bonds is 4. The molecule has 1 heterocycles. The van der Waals surface area contributed by atoms with Gasteiger partial charge < -0.3 is 4.74 Å². The molecule has 3 rings (SSSR count). The van der Waals surface area contributed by atoms with Crippen LogP contribution in [0.1, 0.15) is 38.3 Å². The second-order valence-electron chi connectivity index (χ2n) is 6.81. The zero-order valence-electron chi connectivity index (χ0n) is 14.1. The molecule has 0 radical (unpaired) electrons. The van der Waals surface area contributed by atoms with Gasteiger partial charge in [0.2, 0.25) is 0 Å². The molecule has 0 saturated carbocycles. The molecule has 1 heteroatoms. The maximum Gasteiger partial charge on any atom is 0.132 e. The average Bonchev–Trinajstić information content (AvgIpc) is 2.84. The van der Waals surface area contributed by atoms with Gasteiger partial charge in [0.05, 0.1) is 0 Å². The molecular weight excluding hydrogens is 280 g/mol. The van der Waals surface area contributed by atoms with Crippen molar-refractivity contribution in [2.75, 3.05) is 0 Å². The van der Waals surface area contributed by atoms with Crippen molar-refractivity contribution in [3.05, 3.63) is 83.6 Å². The van der Waals surface area contributed by atoms with Crippen molar-refractivity contribution < 1.29 is 4.74 Å². The largest absolute Gasteiger partial charge is 0.483 e. The van der Waals surface area contributed by atoms with E-state index in [4.69, 9.17) is 4.74 Å². The van der Waals surface area contributed by atoms with Crippen molar-refractivity contribution in [2.24, 2.45) is 5.92 Å². The third-order valence-electron chi connectivity index (χ3n) is 4.19. The van der Waals surface area contributed by atoms with E-state index in [-0.39, 0.29) is 5.60 Å². The van der Waals surface area contributed by atoms with Crippen LogP contribution in [0.4, 0.5) is 0 Å². The lowest BCUT2D eigenvalue weighted by molar-refractivity contribution is 0.0740. The van der Waals surface area contributed by atoms with Crippen molar-refractivity contribution >= 4 is 11.6 Å². The third-order valence-corrected chi connectivity index (χ3v) is 4.19. The van der Waals surface area contributed by atoms with Crippen LogP contribution in [0.25, 0.3) is 11.6 Å². The van der Waals surface area contributed by atoms with Crippen LogP contribution in [-0.4, -0.2) is 5.60 Å². The molecule has 2 aromatic carbocycles. The Kier molecular flexibility index (Phi) is 4.38. The van der Waals surface area contributed by atoms with Gasteiger partial charge >= 0.3 is 0 Å². The molecule has 0 bridgehead atoms. The van der Waals surface area contributed by atoms with Gasteiger partial charge in [0.15, 0.2) is 0 Å². The Morgan fingerprint density at radius 2 is 1.57 bits per heavy atom. The molecule has 1 atom stereocenters. The van der Waals surface area contributed by atoms with Gasteiger partial charge in [-0.05, 0) is 42.5 Å². The van der Waals surface area contributed by atoms with E-state index >= 15 is 0 Å². The highest BCUT2D eigenvalue weighted by atomic mass is 16.5. The monoisotopic (exact) mass is 304 g/mol. The van der Waals surface area contributed by atoms with Gasteiger partial charge in [-0.2, -0.15) is 0 Å². The van der Waals surface area contributed by atoms with Crippen molar-refractivity contribution in [3.63, 3.8) is 0 Å². The summed E-state index contributed by atoms with van der Waals surface area (Å²) in [7, 11) is 0. The third kappa shape index (κ3) is 3.56. The van der Waals surface area contributed by atoms with Crippen molar-refractivity contribution in [3.8, 4) is 0 Å². The molecule has 1 nitrogen and oxygen atoms in total. The highest BCUT2D eigenvalue weighted by molar-refractivity contribution is 5.78. The Hall–Kier alpha value is -2.28. The molecule has 0 saturated heterocycles. The van der Waals surface area contributed by atoms with Gasteiger partial charge in [-0.15, -0.1) is 0 Å². The fourth-order valence-corrected chi connectivity index (χ4v) is 3.36. The first-order valence-corrected chi connectivity index (χ1v) is 8.30. The average molecular weight is 304 g/mol. The molecular formula is C22H24O. The van der Waals surface area contributed by atoms with Gasteiger partial charge in [-0.3, -0.25) is 0 Å². The Bertz CT molecular complexity index is 710. The molecule has 23 heavy (non-hydrogen) atoms. The second kappa shape index (κ2) is 6.45. The zero-order chi connectivity index (χ0) is 16.3. The lowest BCUT2D eigenvalue weighted by atomic mass is 9.84. The van der Waals surface area contributed by atoms with Gasteiger partial charge in [-0.25, -0.2) is 0 Å². The number of hydrogen-bond donors (Lipinski definition) is 0. The lowest BCUT2D eigenvalue weighted by Gasteiger charge is -2.30. The minimum Gasteiger partial charge on any atom is -0.483 e. The number of hydrogen-bond acceptors (Lipinski definition) is 1. The molecule has 0 fully saturated rings. The minimum absolute atomic E-state index is 0.268. The Morgan fingerprint density at radius 1 is 0.957 bits per heavy atom. The number of benzene rings is 2. The van der Waals surface area contributed by atoms with E-state index in [1.165, 1.54) is 16.7 Å². The quantitative estimate of drug-likeness (QED) is 0.678. The van der Waals surface area contributed by atoms with Crippen LogP contribution in [0.15, 0.2) is 72.5 Å². The minimum atomic E-state index is -0.268. The molecule has 0 aromatic heterocycles. The van der Waals surface area contributed by atoms with E-state index in [2.05, 4.69) is 87.5 Å². The van der Waals surface area contributed by atoms with Crippen LogP contribution in [-0.2, 0) is 4.74 Å². The molecule has 1 aliphatic rings. The zero-order valence-corrected chi connectivity index (χ0v) is 14.1. The summed E-state index contributed by atoms with van der Waals surface area (Å²) in [6.07, 6.45) is 5.32. The van der Waals surface area contributed by atoms with Crippen LogP contribution in [0, 0.1) is 5.92 Å². The predicted molar refractivity (Wildman–Crippen MR) is 97.8 cm³/mol. The normalized spacial score (nSPS) is 22.3.